The number of benzene rings is 1. The molecule has 2 amide bonds. The van der Waals surface area contributed by atoms with Crippen molar-refractivity contribution in [2.24, 2.45) is 0 Å². The van der Waals surface area contributed by atoms with Gasteiger partial charge in [-0.15, -0.1) is 0 Å². The van der Waals surface area contributed by atoms with Gasteiger partial charge in [-0.05, 0) is 31.0 Å². The fourth-order valence-corrected chi connectivity index (χ4v) is 2.68. The number of carbonyl (C=O) groups is 2. The summed E-state index contributed by atoms with van der Waals surface area (Å²) in [6, 6.07) is 6.36. The molecule has 0 saturated carbocycles. The van der Waals surface area contributed by atoms with Gasteiger partial charge in [-0.25, -0.2) is 9.59 Å². The normalized spacial score (nSPS) is 18.0. The number of urea groups is 1. The van der Waals surface area contributed by atoms with E-state index < -0.39 is 12.0 Å². The van der Waals surface area contributed by atoms with Crippen molar-refractivity contribution in [1.29, 1.82) is 0 Å². The van der Waals surface area contributed by atoms with Crippen molar-refractivity contribution in [3.63, 3.8) is 0 Å². The van der Waals surface area contributed by atoms with Gasteiger partial charge < -0.3 is 15.8 Å². The van der Waals surface area contributed by atoms with E-state index in [9.17, 15) is 9.59 Å². The van der Waals surface area contributed by atoms with E-state index in [1.807, 2.05) is 0 Å². The van der Waals surface area contributed by atoms with Crippen molar-refractivity contribution in [1.82, 2.24) is 10.2 Å². The van der Waals surface area contributed by atoms with E-state index >= 15 is 0 Å². The minimum absolute atomic E-state index is 0.203. The highest BCUT2D eigenvalue weighted by atomic mass is 16.5. The lowest BCUT2D eigenvalue weighted by molar-refractivity contribution is -0.136. The van der Waals surface area contributed by atoms with Gasteiger partial charge >= 0.3 is 12.0 Å². The fraction of sp³-hybridized carbons (Fsp3) is 0.412. The van der Waals surface area contributed by atoms with Gasteiger partial charge in [-0.3, -0.25) is 4.90 Å². The summed E-state index contributed by atoms with van der Waals surface area (Å²) in [5.74, 6) is -0.439. The average Bonchev–Trinajstić information content (AvgIpc) is 2.54. The number of nitrogens with zero attached hydrogens (tertiary/aromatic N) is 1. The highest BCUT2D eigenvalue weighted by Crippen LogP contribution is 2.31. The van der Waals surface area contributed by atoms with Crippen LogP contribution in [0.1, 0.15) is 38.3 Å². The van der Waals surface area contributed by atoms with Gasteiger partial charge in [0.25, 0.3) is 0 Å². The zero-order chi connectivity index (χ0) is 17.0. The second-order valence-corrected chi connectivity index (χ2v) is 5.55. The van der Waals surface area contributed by atoms with E-state index in [1.165, 1.54) is 7.11 Å². The Morgan fingerprint density at radius 3 is 2.57 bits per heavy atom. The van der Waals surface area contributed by atoms with E-state index in [0.29, 0.717) is 23.5 Å². The molecule has 0 unspecified atom stereocenters. The summed E-state index contributed by atoms with van der Waals surface area (Å²) in [4.78, 5) is 26.3. The minimum Gasteiger partial charge on any atom is -0.466 e. The molecule has 0 radical (unpaired) electrons. The molecule has 1 aliphatic rings. The molecule has 23 heavy (non-hydrogen) atoms. The van der Waals surface area contributed by atoms with E-state index in [-0.39, 0.29) is 6.03 Å². The number of rotatable bonds is 5. The number of nitrogens with one attached hydrogen (secondary N) is 1. The Kier molecular flexibility index (Phi) is 5.26. The smallest absolute Gasteiger partial charge is 0.337 e. The molecular weight excluding hydrogens is 294 g/mol. The second-order valence-electron chi connectivity index (χ2n) is 5.55. The first kappa shape index (κ1) is 16.9. The number of methoxy groups -OCH3 is 1. The molecular formula is C17H23N3O3. The number of nitrogen functional groups attached to an aromatic ring is 1. The Morgan fingerprint density at radius 1 is 1.35 bits per heavy atom. The zero-order valence-electron chi connectivity index (χ0n) is 13.8. The highest BCUT2D eigenvalue weighted by Gasteiger charge is 2.35. The quantitative estimate of drug-likeness (QED) is 0.646. The summed E-state index contributed by atoms with van der Waals surface area (Å²) in [7, 11) is 1.34. The van der Waals surface area contributed by atoms with Gasteiger partial charge in [-0.2, -0.15) is 0 Å². The second kappa shape index (κ2) is 7.17. The Balaban J connectivity index is 2.45. The number of anilines is 1. The van der Waals surface area contributed by atoms with Crippen molar-refractivity contribution >= 4 is 17.7 Å². The Labute approximate surface area is 136 Å². The summed E-state index contributed by atoms with van der Waals surface area (Å²) in [6.07, 6.45) is 1.83. The van der Waals surface area contributed by atoms with Crippen LogP contribution in [0.3, 0.4) is 0 Å². The molecule has 0 aromatic heterocycles. The highest BCUT2D eigenvalue weighted by molar-refractivity contribution is 5.95. The Hall–Kier alpha value is -2.50. The maximum atomic E-state index is 12.4. The van der Waals surface area contributed by atoms with Crippen LogP contribution in [0.5, 0.6) is 0 Å². The van der Waals surface area contributed by atoms with Crippen LogP contribution in [0.4, 0.5) is 10.5 Å². The molecule has 6 heteroatoms. The number of unbranched alkanes of at least 4 members (excludes halogenated alkanes) is 1. The number of ether oxygens (including phenoxy) is 1. The maximum absolute atomic E-state index is 12.4. The third kappa shape index (κ3) is 3.47. The van der Waals surface area contributed by atoms with E-state index in [0.717, 1.165) is 18.4 Å². The fourth-order valence-electron chi connectivity index (χ4n) is 2.68. The first-order chi connectivity index (χ1) is 11.0. The predicted molar refractivity (Wildman–Crippen MR) is 88.5 cm³/mol. The molecule has 0 bridgehead atoms. The number of carbonyl (C=O) groups excluding carboxylic acids is 2. The molecule has 0 aliphatic carbocycles. The SMILES string of the molecule is CCCCN1C(=O)N[C@H](c2ccc(N)cc2)C(C(=O)OC)=C1C. The van der Waals surface area contributed by atoms with Crippen molar-refractivity contribution in [2.75, 3.05) is 19.4 Å². The van der Waals surface area contributed by atoms with E-state index in [2.05, 4.69) is 12.2 Å². The van der Waals surface area contributed by atoms with Gasteiger partial charge in [0.2, 0.25) is 0 Å². The van der Waals surface area contributed by atoms with Crippen LogP contribution >= 0.6 is 0 Å². The van der Waals surface area contributed by atoms with E-state index in [1.54, 1.807) is 36.1 Å². The van der Waals surface area contributed by atoms with Crippen LogP contribution in [-0.4, -0.2) is 30.6 Å². The van der Waals surface area contributed by atoms with Crippen molar-refractivity contribution in [2.45, 2.75) is 32.7 Å². The Bertz CT molecular complexity index is 622. The van der Waals surface area contributed by atoms with Gasteiger partial charge in [0.15, 0.2) is 0 Å². The predicted octanol–water partition coefficient (Wildman–Crippen LogP) is 2.58. The molecule has 0 spiro atoms. The van der Waals surface area contributed by atoms with Crippen LogP contribution < -0.4 is 11.1 Å². The number of allylic oxidation sites excluding steroid dienone is 1. The number of hydrogen-bond acceptors (Lipinski definition) is 4. The molecule has 1 aromatic carbocycles. The molecule has 3 N–H and O–H groups in total. The molecule has 124 valence electrons. The van der Waals surface area contributed by atoms with Crippen molar-refractivity contribution in [3.8, 4) is 0 Å². The summed E-state index contributed by atoms with van der Waals surface area (Å²) in [5.41, 5.74) is 8.22. The average molecular weight is 317 g/mol. The lowest BCUT2D eigenvalue weighted by atomic mass is 9.94. The first-order valence-electron chi connectivity index (χ1n) is 7.72. The van der Waals surface area contributed by atoms with Gasteiger partial charge in [0.1, 0.15) is 0 Å². The third-order valence-corrected chi connectivity index (χ3v) is 4.01. The Morgan fingerprint density at radius 2 is 2.00 bits per heavy atom. The van der Waals surface area contributed by atoms with Crippen LogP contribution in [0.2, 0.25) is 0 Å². The van der Waals surface area contributed by atoms with Gasteiger partial charge in [-0.1, -0.05) is 25.5 Å². The van der Waals surface area contributed by atoms with Crippen LogP contribution in [0, 0.1) is 0 Å². The third-order valence-electron chi connectivity index (χ3n) is 4.01. The number of amides is 2. The van der Waals surface area contributed by atoms with Crippen LogP contribution in [0.25, 0.3) is 0 Å². The summed E-state index contributed by atoms with van der Waals surface area (Å²) in [6.45, 7) is 4.41. The number of esters is 1. The lowest BCUT2D eigenvalue weighted by Gasteiger charge is -2.35. The zero-order valence-corrected chi connectivity index (χ0v) is 13.8. The summed E-state index contributed by atoms with van der Waals surface area (Å²) < 4.78 is 4.92. The standard InChI is InChI=1S/C17H23N3O3/c1-4-5-10-20-11(2)14(16(21)23-3)15(19-17(20)22)12-6-8-13(18)9-7-12/h6-9,15H,4-5,10,18H2,1-3H3,(H,19,22)/t15-/m1/s1. The van der Waals surface area contributed by atoms with Crippen molar-refractivity contribution in [3.05, 3.63) is 41.1 Å². The maximum Gasteiger partial charge on any atom is 0.337 e. The monoisotopic (exact) mass is 317 g/mol. The molecule has 1 aromatic rings. The van der Waals surface area contributed by atoms with Crippen LogP contribution in [0.15, 0.2) is 35.5 Å². The molecule has 0 saturated heterocycles. The molecule has 2 rings (SSSR count). The largest absolute Gasteiger partial charge is 0.466 e. The van der Waals surface area contributed by atoms with E-state index in [4.69, 9.17) is 10.5 Å². The molecule has 6 nitrogen and oxygen atoms in total. The number of hydrogen-bond donors (Lipinski definition) is 2. The molecule has 1 atom stereocenters. The van der Waals surface area contributed by atoms with Crippen molar-refractivity contribution < 1.29 is 14.3 Å². The van der Waals surface area contributed by atoms with Crippen LogP contribution in [-0.2, 0) is 9.53 Å². The minimum atomic E-state index is -0.534. The molecule has 0 fully saturated rings. The summed E-state index contributed by atoms with van der Waals surface area (Å²) >= 11 is 0. The molecule has 1 aliphatic heterocycles. The first-order valence-corrected chi connectivity index (χ1v) is 7.72. The van der Waals surface area contributed by atoms with Gasteiger partial charge in [0.05, 0.1) is 18.7 Å². The lowest BCUT2D eigenvalue weighted by Crippen LogP contribution is -2.48. The molecule has 1 heterocycles. The topological polar surface area (TPSA) is 84.7 Å². The number of nitrogens with two attached hydrogens (primary N) is 1. The van der Waals surface area contributed by atoms with Gasteiger partial charge in [0, 0.05) is 17.9 Å². The summed E-state index contributed by atoms with van der Waals surface area (Å²) in [5, 5.41) is 2.89.